The fourth-order valence-corrected chi connectivity index (χ4v) is 4.20. The molecule has 0 spiro atoms. The lowest BCUT2D eigenvalue weighted by molar-refractivity contribution is 0.0594. The molecule has 4 aromatic rings. The number of ether oxygens (including phenoxy) is 1. The molecule has 1 aliphatic rings. The zero-order valence-electron chi connectivity index (χ0n) is 18.9. The normalized spacial score (nSPS) is 14.5. The highest BCUT2D eigenvalue weighted by atomic mass is 16.5. The van der Waals surface area contributed by atoms with Crippen LogP contribution in [0.4, 0.5) is 0 Å². The number of carbonyl (C=O) groups excluding carboxylic acids is 1. The van der Waals surface area contributed by atoms with E-state index in [1.54, 1.807) is 6.07 Å². The van der Waals surface area contributed by atoms with Crippen LogP contribution in [0, 0.1) is 6.92 Å². The van der Waals surface area contributed by atoms with Gasteiger partial charge in [0, 0.05) is 32.7 Å². The molecule has 0 saturated carbocycles. The van der Waals surface area contributed by atoms with Gasteiger partial charge in [0.2, 0.25) is 0 Å². The number of furan rings is 1. The lowest BCUT2D eigenvalue weighted by atomic mass is 10.1. The summed E-state index contributed by atoms with van der Waals surface area (Å²) in [6.45, 7) is 6.43. The fraction of sp³-hybridized carbons (Fsp3) is 0.250. The van der Waals surface area contributed by atoms with E-state index in [-0.39, 0.29) is 12.5 Å². The lowest BCUT2D eigenvalue weighted by Crippen LogP contribution is -2.48. The molecule has 5 rings (SSSR count). The van der Waals surface area contributed by atoms with E-state index in [1.165, 1.54) is 16.5 Å². The van der Waals surface area contributed by atoms with Crippen LogP contribution < -0.4 is 4.74 Å². The molecule has 5 nitrogen and oxygen atoms in total. The first-order chi connectivity index (χ1) is 16.1. The second-order valence-corrected chi connectivity index (χ2v) is 8.62. The van der Waals surface area contributed by atoms with Gasteiger partial charge in [0.1, 0.15) is 18.1 Å². The molecule has 1 amide bonds. The van der Waals surface area contributed by atoms with Crippen molar-refractivity contribution in [1.82, 2.24) is 9.80 Å². The van der Waals surface area contributed by atoms with E-state index in [9.17, 15) is 4.79 Å². The van der Waals surface area contributed by atoms with Gasteiger partial charge in [-0.1, -0.05) is 60.2 Å². The number of hydrogen-bond acceptors (Lipinski definition) is 4. The van der Waals surface area contributed by atoms with Crippen molar-refractivity contribution >= 4 is 16.7 Å². The second-order valence-electron chi connectivity index (χ2n) is 8.62. The van der Waals surface area contributed by atoms with Crippen LogP contribution in [-0.2, 0) is 13.2 Å². The maximum Gasteiger partial charge on any atom is 0.289 e. The van der Waals surface area contributed by atoms with Gasteiger partial charge in [-0.25, -0.2) is 0 Å². The standard InChI is InChI=1S/C28H28N2O3/c1-21-6-8-22(9-7-21)19-29-14-16-30(17-15-29)28(31)27-13-12-26(33-27)20-32-25-11-10-23-4-2-3-5-24(23)18-25/h2-13,18H,14-17,19-20H2,1H3. The summed E-state index contributed by atoms with van der Waals surface area (Å²) in [6.07, 6.45) is 0. The van der Waals surface area contributed by atoms with E-state index in [4.69, 9.17) is 9.15 Å². The Balaban J connectivity index is 1.13. The highest BCUT2D eigenvalue weighted by molar-refractivity contribution is 5.91. The van der Waals surface area contributed by atoms with Crippen LogP contribution in [0.1, 0.15) is 27.4 Å². The molecule has 5 heteroatoms. The van der Waals surface area contributed by atoms with Crippen LogP contribution in [0.15, 0.2) is 83.3 Å². The molecule has 1 aromatic heterocycles. The molecule has 0 unspecified atom stereocenters. The van der Waals surface area contributed by atoms with Crippen molar-refractivity contribution in [2.24, 2.45) is 0 Å². The molecule has 0 aliphatic carbocycles. The van der Waals surface area contributed by atoms with Crippen LogP contribution in [0.5, 0.6) is 5.75 Å². The fourth-order valence-electron chi connectivity index (χ4n) is 4.20. The Morgan fingerprint density at radius 3 is 2.42 bits per heavy atom. The molecular formula is C28H28N2O3. The lowest BCUT2D eigenvalue weighted by Gasteiger charge is -2.34. The van der Waals surface area contributed by atoms with E-state index in [1.807, 2.05) is 41.3 Å². The number of carbonyl (C=O) groups is 1. The number of nitrogens with zero attached hydrogens (tertiary/aromatic N) is 2. The van der Waals surface area contributed by atoms with E-state index < -0.39 is 0 Å². The van der Waals surface area contributed by atoms with Crippen LogP contribution >= 0.6 is 0 Å². The van der Waals surface area contributed by atoms with Gasteiger partial charge in [-0.2, -0.15) is 0 Å². The van der Waals surface area contributed by atoms with E-state index in [0.717, 1.165) is 30.8 Å². The van der Waals surface area contributed by atoms with Gasteiger partial charge >= 0.3 is 0 Å². The summed E-state index contributed by atoms with van der Waals surface area (Å²) in [6, 6.07) is 26.4. The molecule has 33 heavy (non-hydrogen) atoms. The number of hydrogen-bond donors (Lipinski definition) is 0. The predicted molar refractivity (Wildman–Crippen MR) is 129 cm³/mol. The summed E-state index contributed by atoms with van der Waals surface area (Å²) in [5, 5.41) is 2.31. The highest BCUT2D eigenvalue weighted by Gasteiger charge is 2.24. The third-order valence-corrected chi connectivity index (χ3v) is 6.16. The van der Waals surface area contributed by atoms with E-state index in [2.05, 4.69) is 48.2 Å². The van der Waals surface area contributed by atoms with Crippen molar-refractivity contribution in [2.75, 3.05) is 26.2 Å². The summed E-state index contributed by atoms with van der Waals surface area (Å²) >= 11 is 0. The molecule has 3 aromatic carbocycles. The van der Waals surface area contributed by atoms with Crippen molar-refractivity contribution in [2.45, 2.75) is 20.1 Å². The van der Waals surface area contributed by atoms with Gasteiger partial charge in [-0.05, 0) is 47.5 Å². The Hall–Kier alpha value is -3.57. The Labute approximate surface area is 194 Å². The van der Waals surface area contributed by atoms with Crippen molar-refractivity contribution in [3.8, 4) is 5.75 Å². The highest BCUT2D eigenvalue weighted by Crippen LogP contribution is 2.22. The number of benzene rings is 3. The first kappa shape index (κ1) is 21.3. The van der Waals surface area contributed by atoms with Gasteiger partial charge in [0.25, 0.3) is 5.91 Å². The third kappa shape index (κ3) is 5.10. The van der Waals surface area contributed by atoms with Crippen LogP contribution in [0.3, 0.4) is 0 Å². The largest absolute Gasteiger partial charge is 0.486 e. The van der Waals surface area contributed by atoms with Gasteiger partial charge in [-0.3, -0.25) is 9.69 Å². The van der Waals surface area contributed by atoms with Crippen molar-refractivity contribution < 1.29 is 13.9 Å². The van der Waals surface area contributed by atoms with Gasteiger partial charge in [-0.15, -0.1) is 0 Å². The van der Waals surface area contributed by atoms with Crippen molar-refractivity contribution in [1.29, 1.82) is 0 Å². The Morgan fingerprint density at radius 2 is 1.64 bits per heavy atom. The number of fused-ring (bicyclic) bond motifs is 1. The summed E-state index contributed by atoms with van der Waals surface area (Å²) in [5.41, 5.74) is 2.58. The molecule has 1 fully saturated rings. The Bertz CT molecular complexity index is 1240. The Morgan fingerprint density at radius 1 is 0.879 bits per heavy atom. The molecule has 168 valence electrons. The summed E-state index contributed by atoms with van der Waals surface area (Å²) in [4.78, 5) is 17.2. The summed E-state index contributed by atoms with van der Waals surface area (Å²) in [5.74, 6) is 1.74. The van der Waals surface area contributed by atoms with Crippen LogP contribution in [-0.4, -0.2) is 41.9 Å². The SMILES string of the molecule is Cc1ccc(CN2CCN(C(=O)c3ccc(COc4ccc5ccccc5c4)o3)CC2)cc1. The number of piperazine rings is 1. The molecule has 1 saturated heterocycles. The number of amides is 1. The predicted octanol–water partition coefficient (Wildman–Crippen LogP) is 5.28. The summed E-state index contributed by atoms with van der Waals surface area (Å²) < 4.78 is 11.7. The van der Waals surface area contributed by atoms with Crippen LogP contribution in [0.2, 0.25) is 0 Å². The minimum absolute atomic E-state index is 0.0538. The number of rotatable bonds is 6. The molecule has 2 heterocycles. The quantitative estimate of drug-likeness (QED) is 0.409. The Kier molecular flexibility index (Phi) is 6.13. The molecule has 0 atom stereocenters. The average molecular weight is 441 g/mol. The molecule has 0 N–H and O–H groups in total. The van der Waals surface area contributed by atoms with Crippen LogP contribution in [0.25, 0.3) is 10.8 Å². The third-order valence-electron chi connectivity index (χ3n) is 6.16. The zero-order valence-corrected chi connectivity index (χ0v) is 18.9. The van der Waals surface area contributed by atoms with E-state index in [0.29, 0.717) is 24.6 Å². The molecule has 0 radical (unpaired) electrons. The maximum atomic E-state index is 12.9. The number of aryl methyl sites for hydroxylation is 1. The van der Waals surface area contributed by atoms with Gasteiger partial charge < -0.3 is 14.1 Å². The van der Waals surface area contributed by atoms with Gasteiger partial charge in [0.15, 0.2) is 5.76 Å². The topological polar surface area (TPSA) is 45.9 Å². The molecule has 1 aliphatic heterocycles. The van der Waals surface area contributed by atoms with Crippen molar-refractivity contribution in [3.05, 3.63) is 102 Å². The van der Waals surface area contributed by atoms with Gasteiger partial charge in [0.05, 0.1) is 0 Å². The molecular weight excluding hydrogens is 412 g/mol. The second kappa shape index (κ2) is 9.51. The first-order valence-corrected chi connectivity index (χ1v) is 11.4. The smallest absolute Gasteiger partial charge is 0.289 e. The minimum Gasteiger partial charge on any atom is -0.486 e. The minimum atomic E-state index is -0.0538. The zero-order chi connectivity index (χ0) is 22.6. The maximum absolute atomic E-state index is 12.9. The average Bonchev–Trinajstić information content (AvgIpc) is 3.33. The van der Waals surface area contributed by atoms with Crippen molar-refractivity contribution in [3.63, 3.8) is 0 Å². The first-order valence-electron chi connectivity index (χ1n) is 11.4. The summed E-state index contributed by atoms with van der Waals surface area (Å²) in [7, 11) is 0. The van der Waals surface area contributed by atoms with E-state index >= 15 is 0 Å². The molecule has 0 bridgehead atoms. The monoisotopic (exact) mass is 440 g/mol.